The van der Waals surface area contributed by atoms with Crippen LogP contribution in [0.1, 0.15) is 16.5 Å². The largest absolute Gasteiger partial charge is 0.354 e. The molecule has 1 N–H and O–H groups in total. The Morgan fingerprint density at radius 1 is 1.12 bits per heavy atom. The van der Waals surface area contributed by atoms with Gasteiger partial charge in [-0.05, 0) is 55.4 Å². The zero-order valence-electron chi connectivity index (χ0n) is 14.6. The highest BCUT2D eigenvalue weighted by molar-refractivity contribution is 7.10. The molecular formula is C20H23N3OS. The molecule has 130 valence electrons. The van der Waals surface area contributed by atoms with E-state index in [9.17, 15) is 4.79 Å². The molecule has 25 heavy (non-hydrogen) atoms. The number of aromatic nitrogens is 1. The molecule has 1 aromatic carbocycles. The van der Waals surface area contributed by atoms with Gasteiger partial charge in [0.15, 0.2) is 0 Å². The minimum absolute atomic E-state index is 0.0529. The topological polar surface area (TPSA) is 37.3 Å². The van der Waals surface area contributed by atoms with Crippen molar-refractivity contribution in [2.75, 3.05) is 20.6 Å². The number of nitrogens with zero attached hydrogens (tertiary/aromatic N) is 2. The second-order valence-corrected chi connectivity index (χ2v) is 7.21. The molecule has 2 aromatic heterocycles. The standard InChI is InChI=1S/C20H23N3OS/c1-22(2)18(19-6-5-13-25-19)15-21-20(24)14-16-7-9-17(10-8-16)23-11-3-4-12-23/h3-13,18H,14-15H2,1-2H3,(H,21,24). The van der Waals surface area contributed by atoms with E-state index in [2.05, 4.69) is 21.7 Å². The van der Waals surface area contributed by atoms with Crippen LogP contribution in [0.2, 0.25) is 0 Å². The van der Waals surface area contributed by atoms with Gasteiger partial charge in [-0.3, -0.25) is 4.79 Å². The molecule has 1 unspecified atom stereocenters. The lowest BCUT2D eigenvalue weighted by Crippen LogP contribution is -2.34. The van der Waals surface area contributed by atoms with Crippen LogP contribution in [0.15, 0.2) is 66.3 Å². The van der Waals surface area contributed by atoms with Gasteiger partial charge in [-0.1, -0.05) is 18.2 Å². The number of carbonyl (C=O) groups excluding carboxylic acids is 1. The summed E-state index contributed by atoms with van der Waals surface area (Å²) in [4.78, 5) is 15.7. The monoisotopic (exact) mass is 353 g/mol. The maximum absolute atomic E-state index is 12.3. The number of nitrogens with one attached hydrogen (secondary N) is 1. The van der Waals surface area contributed by atoms with Crippen molar-refractivity contribution in [3.8, 4) is 5.69 Å². The first-order valence-electron chi connectivity index (χ1n) is 8.32. The van der Waals surface area contributed by atoms with E-state index >= 15 is 0 Å². The Bertz CT molecular complexity index is 777. The SMILES string of the molecule is CN(C)C(CNC(=O)Cc1ccc(-n2cccc2)cc1)c1cccs1. The van der Waals surface area contributed by atoms with Gasteiger partial charge in [0.2, 0.25) is 5.91 Å². The number of hydrogen-bond donors (Lipinski definition) is 1. The summed E-state index contributed by atoms with van der Waals surface area (Å²) in [5, 5.41) is 5.13. The van der Waals surface area contributed by atoms with Crippen molar-refractivity contribution >= 4 is 17.2 Å². The number of hydrogen-bond acceptors (Lipinski definition) is 3. The fourth-order valence-corrected chi connectivity index (χ4v) is 3.69. The van der Waals surface area contributed by atoms with Crippen LogP contribution in [-0.2, 0) is 11.2 Å². The van der Waals surface area contributed by atoms with Crippen LogP contribution in [0.25, 0.3) is 5.69 Å². The van der Waals surface area contributed by atoms with Crippen molar-refractivity contribution in [3.05, 3.63) is 76.7 Å². The number of likely N-dealkylation sites (N-methyl/N-ethyl adjacent to an activating group) is 1. The van der Waals surface area contributed by atoms with Crippen molar-refractivity contribution in [2.45, 2.75) is 12.5 Å². The first-order chi connectivity index (χ1) is 12.1. The quantitative estimate of drug-likeness (QED) is 0.706. The molecule has 2 heterocycles. The Balaban J connectivity index is 1.55. The van der Waals surface area contributed by atoms with Crippen LogP contribution in [0.4, 0.5) is 0 Å². The summed E-state index contributed by atoms with van der Waals surface area (Å²) in [7, 11) is 4.08. The van der Waals surface area contributed by atoms with Crippen molar-refractivity contribution < 1.29 is 4.79 Å². The molecule has 0 aliphatic rings. The summed E-state index contributed by atoms with van der Waals surface area (Å²) in [6.45, 7) is 0.619. The first-order valence-corrected chi connectivity index (χ1v) is 9.20. The minimum atomic E-state index is 0.0529. The average Bonchev–Trinajstić information content (AvgIpc) is 3.29. The normalized spacial score (nSPS) is 12.3. The van der Waals surface area contributed by atoms with Gasteiger partial charge in [-0.15, -0.1) is 11.3 Å². The van der Waals surface area contributed by atoms with E-state index in [4.69, 9.17) is 0 Å². The average molecular weight is 353 g/mol. The van der Waals surface area contributed by atoms with Gasteiger partial charge in [-0.25, -0.2) is 0 Å². The molecule has 3 rings (SSSR count). The van der Waals surface area contributed by atoms with Crippen LogP contribution in [-0.4, -0.2) is 36.0 Å². The van der Waals surface area contributed by atoms with Crippen molar-refractivity contribution in [2.24, 2.45) is 0 Å². The van der Waals surface area contributed by atoms with E-state index in [-0.39, 0.29) is 11.9 Å². The summed E-state index contributed by atoms with van der Waals surface area (Å²) in [6.07, 6.45) is 4.41. The summed E-state index contributed by atoms with van der Waals surface area (Å²) >= 11 is 1.72. The number of thiophene rings is 1. The summed E-state index contributed by atoms with van der Waals surface area (Å²) in [6, 6.07) is 16.5. The molecular weight excluding hydrogens is 330 g/mol. The highest BCUT2D eigenvalue weighted by Gasteiger charge is 2.16. The number of amides is 1. The third kappa shape index (κ3) is 4.59. The van der Waals surface area contributed by atoms with E-state index in [0.29, 0.717) is 13.0 Å². The van der Waals surface area contributed by atoms with Crippen molar-refractivity contribution in [1.29, 1.82) is 0 Å². The van der Waals surface area contributed by atoms with Gasteiger partial charge in [-0.2, -0.15) is 0 Å². The Kier molecular flexibility index (Phi) is 5.68. The lowest BCUT2D eigenvalue weighted by Gasteiger charge is -2.23. The van der Waals surface area contributed by atoms with Crippen LogP contribution in [0.5, 0.6) is 0 Å². The minimum Gasteiger partial charge on any atom is -0.354 e. The van der Waals surface area contributed by atoms with Gasteiger partial charge >= 0.3 is 0 Å². The molecule has 1 amide bonds. The third-order valence-electron chi connectivity index (χ3n) is 4.19. The summed E-state index contributed by atoms with van der Waals surface area (Å²) in [5.74, 6) is 0.0529. The molecule has 0 fully saturated rings. The molecule has 0 saturated carbocycles. The molecule has 0 saturated heterocycles. The smallest absolute Gasteiger partial charge is 0.224 e. The molecule has 0 bridgehead atoms. The van der Waals surface area contributed by atoms with Gasteiger partial charge in [0, 0.05) is 29.5 Å². The van der Waals surface area contributed by atoms with Gasteiger partial charge in [0.25, 0.3) is 0 Å². The molecule has 3 aromatic rings. The van der Waals surface area contributed by atoms with Crippen LogP contribution in [0, 0.1) is 0 Å². The van der Waals surface area contributed by atoms with E-state index < -0.39 is 0 Å². The molecule has 5 heteroatoms. The zero-order chi connectivity index (χ0) is 17.6. The lowest BCUT2D eigenvalue weighted by molar-refractivity contribution is -0.120. The van der Waals surface area contributed by atoms with E-state index in [0.717, 1.165) is 11.3 Å². The number of benzene rings is 1. The summed E-state index contributed by atoms with van der Waals surface area (Å²) in [5.41, 5.74) is 2.12. The predicted molar refractivity (Wildman–Crippen MR) is 103 cm³/mol. The highest BCUT2D eigenvalue weighted by Crippen LogP contribution is 2.22. The molecule has 0 aliphatic heterocycles. The maximum atomic E-state index is 12.3. The molecule has 0 spiro atoms. The second-order valence-electron chi connectivity index (χ2n) is 6.23. The third-order valence-corrected chi connectivity index (χ3v) is 5.16. The van der Waals surface area contributed by atoms with Crippen LogP contribution >= 0.6 is 11.3 Å². The van der Waals surface area contributed by atoms with E-state index in [1.807, 2.05) is 73.5 Å². The Hall–Kier alpha value is -2.37. The predicted octanol–water partition coefficient (Wildman–Crippen LogP) is 3.50. The van der Waals surface area contributed by atoms with E-state index in [1.165, 1.54) is 4.88 Å². The fraction of sp³-hybridized carbons (Fsp3) is 0.250. The second kappa shape index (κ2) is 8.14. The maximum Gasteiger partial charge on any atom is 0.224 e. The van der Waals surface area contributed by atoms with Gasteiger partial charge < -0.3 is 14.8 Å². The molecule has 0 radical (unpaired) electrons. The Morgan fingerprint density at radius 3 is 2.44 bits per heavy atom. The fourth-order valence-electron chi connectivity index (χ4n) is 2.77. The van der Waals surface area contributed by atoms with Crippen LogP contribution in [0.3, 0.4) is 0 Å². The molecule has 0 aliphatic carbocycles. The zero-order valence-corrected chi connectivity index (χ0v) is 15.4. The van der Waals surface area contributed by atoms with Crippen molar-refractivity contribution in [3.63, 3.8) is 0 Å². The highest BCUT2D eigenvalue weighted by atomic mass is 32.1. The number of rotatable bonds is 7. The molecule has 1 atom stereocenters. The lowest BCUT2D eigenvalue weighted by atomic mass is 10.1. The van der Waals surface area contributed by atoms with Crippen molar-refractivity contribution in [1.82, 2.24) is 14.8 Å². The first kappa shape index (κ1) is 17.5. The number of carbonyl (C=O) groups is 1. The Morgan fingerprint density at radius 2 is 1.84 bits per heavy atom. The van der Waals surface area contributed by atoms with Gasteiger partial charge in [0.05, 0.1) is 12.5 Å². The van der Waals surface area contributed by atoms with Crippen LogP contribution < -0.4 is 5.32 Å². The van der Waals surface area contributed by atoms with Gasteiger partial charge in [0.1, 0.15) is 0 Å². The summed E-state index contributed by atoms with van der Waals surface area (Å²) < 4.78 is 2.05. The molecule has 4 nitrogen and oxygen atoms in total. The Labute approximate surface area is 152 Å². The van der Waals surface area contributed by atoms with E-state index in [1.54, 1.807) is 11.3 Å².